The van der Waals surface area contributed by atoms with Crippen molar-refractivity contribution in [2.75, 3.05) is 5.32 Å². The first kappa shape index (κ1) is 11.9. The smallest absolute Gasteiger partial charge is 0.276 e. The van der Waals surface area contributed by atoms with E-state index in [1.807, 2.05) is 13.0 Å². The van der Waals surface area contributed by atoms with Gasteiger partial charge in [0.15, 0.2) is 5.69 Å². The van der Waals surface area contributed by atoms with E-state index in [4.69, 9.17) is 5.26 Å². The number of nitrogens with one attached hydrogen (secondary N) is 1. The van der Waals surface area contributed by atoms with Gasteiger partial charge < -0.3 is 5.32 Å². The van der Waals surface area contributed by atoms with Gasteiger partial charge in [0.2, 0.25) is 0 Å². The summed E-state index contributed by atoms with van der Waals surface area (Å²) in [5.74, 6) is -0.280. The van der Waals surface area contributed by atoms with E-state index in [9.17, 15) is 4.79 Å². The van der Waals surface area contributed by atoms with Crippen LogP contribution in [-0.2, 0) is 6.54 Å². The fourth-order valence-electron chi connectivity index (χ4n) is 1.52. The molecule has 5 heteroatoms. The van der Waals surface area contributed by atoms with Crippen LogP contribution in [-0.4, -0.2) is 15.7 Å². The number of hydrogen-bond donors (Lipinski definition) is 1. The summed E-state index contributed by atoms with van der Waals surface area (Å²) >= 11 is 0. The lowest BCUT2D eigenvalue weighted by atomic mass is 10.2. The Bertz CT molecular complexity index is 609. The van der Waals surface area contributed by atoms with Crippen molar-refractivity contribution in [2.24, 2.45) is 0 Å². The number of anilines is 1. The third-order valence-electron chi connectivity index (χ3n) is 2.45. The van der Waals surface area contributed by atoms with E-state index >= 15 is 0 Å². The number of aromatic nitrogens is 2. The highest BCUT2D eigenvalue weighted by Gasteiger charge is 2.09. The molecule has 90 valence electrons. The lowest BCUT2D eigenvalue weighted by Gasteiger charge is -2.03. The monoisotopic (exact) mass is 240 g/mol. The minimum atomic E-state index is -0.280. The highest BCUT2D eigenvalue weighted by atomic mass is 16.1. The molecule has 0 radical (unpaired) electrons. The van der Waals surface area contributed by atoms with E-state index in [0.717, 1.165) is 6.54 Å². The number of amides is 1. The molecule has 0 aliphatic rings. The fourth-order valence-corrected chi connectivity index (χ4v) is 1.52. The highest BCUT2D eigenvalue weighted by molar-refractivity contribution is 6.02. The van der Waals surface area contributed by atoms with E-state index in [0.29, 0.717) is 16.9 Å². The van der Waals surface area contributed by atoms with Gasteiger partial charge in [0.25, 0.3) is 5.91 Å². The summed E-state index contributed by atoms with van der Waals surface area (Å²) in [6.07, 6.45) is 1.75. The number of aryl methyl sites for hydroxylation is 1. The van der Waals surface area contributed by atoms with Gasteiger partial charge in [-0.2, -0.15) is 10.4 Å². The Balaban J connectivity index is 2.13. The van der Waals surface area contributed by atoms with Gasteiger partial charge in [0.1, 0.15) is 0 Å². The maximum atomic E-state index is 11.9. The molecule has 0 unspecified atom stereocenters. The molecule has 1 aromatic carbocycles. The zero-order chi connectivity index (χ0) is 13.0. The van der Waals surface area contributed by atoms with Gasteiger partial charge in [-0.25, -0.2) is 0 Å². The van der Waals surface area contributed by atoms with Crippen molar-refractivity contribution < 1.29 is 4.79 Å². The van der Waals surface area contributed by atoms with Crippen molar-refractivity contribution in [2.45, 2.75) is 13.5 Å². The van der Waals surface area contributed by atoms with Crippen LogP contribution < -0.4 is 5.32 Å². The van der Waals surface area contributed by atoms with Crippen LogP contribution in [0.3, 0.4) is 0 Å². The standard InChI is InChI=1S/C13H12N4O/c1-2-17-7-6-12(16-17)13(18)15-11-5-3-4-10(8-11)9-14/h3-8H,2H2,1H3,(H,15,18). The van der Waals surface area contributed by atoms with Crippen molar-refractivity contribution in [3.05, 3.63) is 47.8 Å². The Morgan fingerprint density at radius 1 is 1.50 bits per heavy atom. The second-order valence-electron chi connectivity index (χ2n) is 3.70. The van der Waals surface area contributed by atoms with Crippen molar-refractivity contribution in [1.82, 2.24) is 9.78 Å². The summed E-state index contributed by atoms with van der Waals surface area (Å²) in [5, 5.41) is 15.6. The average Bonchev–Trinajstić information content (AvgIpc) is 2.88. The molecule has 18 heavy (non-hydrogen) atoms. The number of benzene rings is 1. The topological polar surface area (TPSA) is 70.7 Å². The second-order valence-corrected chi connectivity index (χ2v) is 3.70. The Morgan fingerprint density at radius 2 is 2.33 bits per heavy atom. The minimum absolute atomic E-state index is 0.280. The van der Waals surface area contributed by atoms with E-state index in [2.05, 4.69) is 10.4 Å². The number of nitriles is 1. The average molecular weight is 240 g/mol. The van der Waals surface area contributed by atoms with Crippen LogP contribution in [0.4, 0.5) is 5.69 Å². The summed E-state index contributed by atoms with van der Waals surface area (Å²) in [4.78, 5) is 11.9. The van der Waals surface area contributed by atoms with Crippen LogP contribution in [0.1, 0.15) is 23.0 Å². The van der Waals surface area contributed by atoms with Crippen molar-refractivity contribution in [3.63, 3.8) is 0 Å². The number of carbonyl (C=O) groups is 1. The first-order chi connectivity index (χ1) is 8.72. The lowest BCUT2D eigenvalue weighted by molar-refractivity contribution is 0.102. The number of carbonyl (C=O) groups excluding carboxylic acids is 1. The molecule has 5 nitrogen and oxygen atoms in total. The lowest BCUT2D eigenvalue weighted by Crippen LogP contribution is -2.13. The molecular weight excluding hydrogens is 228 g/mol. The van der Waals surface area contributed by atoms with E-state index in [1.54, 1.807) is 41.2 Å². The molecule has 0 saturated heterocycles. The molecule has 2 aromatic rings. The summed E-state index contributed by atoms with van der Waals surface area (Å²) < 4.78 is 1.68. The van der Waals surface area contributed by atoms with Crippen LogP contribution in [0.2, 0.25) is 0 Å². The Labute approximate surface area is 105 Å². The first-order valence-electron chi connectivity index (χ1n) is 5.58. The van der Waals surface area contributed by atoms with Crippen molar-refractivity contribution in [3.8, 4) is 6.07 Å². The van der Waals surface area contributed by atoms with Gasteiger partial charge in [-0.3, -0.25) is 9.48 Å². The summed E-state index contributed by atoms with van der Waals surface area (Å²) in [7, 11) is 0. The number of hydrogen-bond acceptors (Lipinski definition) is 3. The Hall–Kier alpha value is -2.61. The number of nitrogens with zero attached hydrogens (tertiary/aromatic N) is 3. The van der Waals surface area contributed by atoms with E-state index in [-0.39, 0.29) is 5.91 Å². The molecule has 1 aromatic heterocycles. The maximum Gasteiger partial charge on any atom is 0.276 e. The molecule has 0 atom stereocenters. The first-order valence-corrected chi connectivity index (χ1v) is 5.58. The van der Waals surface area contributed by atoms with Crippen LogP contribution in [0.15, 0.2) is 36.5 Å². The molecular formula is C13H12N4O. The fraction of sp³-hybridized carbons (Fsp3) is 0.154. The van der Waals surface area contributed by atoms with Gasteiger partial charge >= 0.3 is 0 Å². The third kappa shape index (κ3) is 2.55. The highest BCUT2D eigenvalue weighted by Crippen LogP contribution is 2.11. The Kier molecular flexibility index (Phi) is 3.39. The third-order valence-corrected chi connectivity index (χ3v) is 2.45. The van der Waals surface area contributed by atoms with Gasteiger partial charge in [0.05, 0.1) is 11.6 Å². The molecule has 0 saturated carbocycles. The maximum absolute atomic E-state index is 11.9. The molecule has 0 fully saturated rings. The molecule has 0 spiro atoms. The molecule has 1 heterocycles. The van der Waals surface area contributed by atoms with Crippen LogP contribution in [0, 0.1) is 11.3 Å². The largest absolute Gasteiger partial charge is 0.321 e. The van der Waals surface area contributed by atoms with E-state index in [1.165, 1.54) is 0 Å². The molecule has 0 bridgehead atoms. The molecule has 0 aliphatic heterocycles. The van der Waals surface area contributed by atoms with Gasteiger partial charge in [0, 0.05) is 18.4 Å². The number of rotatable bonds is 3. The molecule has 1 N–H and O–H groups in total. The van der Waals surface area contributed by atoms with Gasteiger partial charge in [-0.1, -0.05) is 6.07 Å². The van der Waals surface area contributed by atoms with E-state index < -0.39 is 0 Å². The van der Waals surface area contributed by atoms with Crippen LogP contribution in [0.5, 0.6) is 0 Å². The normalized spacial score (nSPS) is 9.78. The molecule has 2 rings (SSSR count). The van der Waals surface area contributed by atoms with Gasteiger partial charge in [-0.05, 0) is 31.2 Å². The summed E-state index contributed by atoms with van der Waals surface area (Å²) in [6, 6.07) is 10.4. The summed E-state index contributed by atoms with van der Waals surface area (Å²) in [6.45, 7) is 2.67. The Morgan fingerprint density at radius 3 is 3.00 bits per heavy atom. The van der Waals surface area contributed by atoms with Crippen LogP contribution in [0.25, 0.3) is 0 Å². The predicted molar refractivity (Wildman–Crippen MR) is 67.0 cm³/mol. The van der Waals surface area contributed by atoms with Crippen LogP contribution >= 0.6 is 0 Å². The predicted octanol–water partition coefficient (Wildman–Crippen LogP) is 2.03. The van der Waals surface area contributed by atoms with Gasteiger partial charge in [-0.15, -0.1) is 0 Å². The molecule has 1 amide bonds. The SMILES string of the molecule is CCn1ccc(C(=O)Nc2cccc(C#N)c2)n1. The zero-order valence-electron chi connectivity index (χ0n) is 9.92. The second kappa shape index (κ2) is 5.15. The molecule has 0 aliphatic carbocycles. The minimum Gasteiger partial charge on any atom is -0.321 e. The van der Waals surface area contributed by atoms with Crippen molar-refractivity contribution in [1.29, 1.82) is 5.26 Å². The zero-order valence-corrected chi connectivity index (χ0v) is 9.92. The van der Waals surface area contributed by atoms with Crippen molar-refractivity contribution >= 4 is 11.6 Å². The summed E-state index contributed by atoms with van der Waals surface area (Å²) in [5.41, 5.74) is 1.45. The quantitative estimate of drug-likeness (QED) is 0.892.